The molecule has 2 N–H and O–H groups in total. The first-order valence-electron chi connectivity index (χ1n) is 4.97. The molecule has 0 aromatic heterocycles. The molecule has 0 bridgehead atoms. The number of aryl methyl sites for hydroxylation is 1. The van der Waals surface area contributed by atoms with E-state index >= 15 is 0 Å². The van der Waals surface area contributed by atoms with E-state index in [9.17, 15) is 0 Å². The average molecular weight is 193 g/mol. The lowest BCUT2D eigenvalue weighted by atomic mass is 9.96. The van der Waals surface area contributed by atoms with E-state index in [4.69, 9.17) is 10.5 Å². The van der Waals surface area contributed by atoms with E-state index in [1.54, 1.807) is 7.11 Å². The molecule has 14 heavy (non-hydrogen) atoms. The van der Waals surface area contributed by atoms with Crippen LogP contribution in [0.25, 0.3) is 0 Å². The van der Waals surface area contributed by atoms with Crippen molar-refractivity contribution in [3.05, 3.63) is 28.8 Å². The van der Waals surface area contributed by atoms with Gasteiger partial charge in [-0.1, -0.05) is 19.9 Å². The normalized spacial score (nSPS) is 10.7. The van der Waals surface area contributed by atoms with Crippen LogP contribution in [0, 0.1) is 6.92 Å². The van der Waals surface area contributed by atoms with E-state index < -0.39 is 0 Å². The predicted molar refractivity (Wildman–Crippen MR) is 59.7 cm³/mol. The first-order chi connectivity index (χ1) is 6.60. The summed E-state index contributed by atoms with van der Waals surface area (Å²) in [6, 6.07) is 4.22. The summed E-state index contributed by atoms with van der Waals surface area (Å²) >= 11 is 0. The molecule has 1 aromatic rings. The van der Waals surface area contributed by atoms with Crippen molar-refractivity contribution in [1.29, 1.82) is 0 Å². The Morgan fingerprint density at radius 1 is 1.36 bits per heavy atom. The van der Waals surface area contributed by atoms with Crippen LogP contribution in [0.15, 0.2) is 12.1 Å². The summed E-state index contributed by atoms with van der Waals surface area (Å²) < 4.78 is 5.35. The summed E-state index contributed by atoms with van der Waals surface area (Å²) in [6.07, 6.45) is 0. The van der Waals surface area contributed by atoms with Crippen LogP contribution in [-0.4, -0.2) is 7.11 Å². The minimum Gasteiger partial charge on any atom is -0.496 e. The Kier molecular flexibility index (Phi) is 3.53. The molecule has 2 heteroatoms. The third kappa shape index (κ3) is 2.07. The molecule has 0 radical (unpaired) electrons. The van der Waals surface area contributed by atoms with Crippen molar-refractivity contribution in [3.8, 4) is 5.75 Å². The lowest BCUT2D eigenvalue weighted by molar-refractivity contribution is 0.407. The number of ether oxygens (including phenoxy) is 1. The van der Waals surface area contributed by atoms with Gasteiger partial charge in [-0.2, -0.15) is 0 Å². The first-order valence-corrected chi connectivity index (χ1v) is 4.97. The van der Waals surface area contributed by atoms with Crippen molar-refractivity contribution in [1.82, 2.24) is 0 Å². The van der Waals surface area contributed by atoms with Crippen molar-refractivity contribution in [2.24, 2.45) is 5.73 Å². The van der Waals surface area contributed by atoms with E-state index in [-0.39, 0.29) is 0 Å². The second-order valence-corrected chi connectivity index (χ2v) is 3.88. The highest BCUT2D eigenvalue weighted by atomic mass is 16.5. The quantitative estimate of drug-likeness (QED) is 0.800. The molecule has 1 aromatic carbocycles. The van der Waals surface area contributed by atoms with E-state index in [1.165, 1.54) is 16.7 Å². The van der Waals surface area contributed by atoms with Crippen molar-refractivity contribution in [2.45, 2.75) is 33.2 Å². The fourth-order valence-electron chi connectivity index (χ4n) is 1.59. The predicted octanol–water partition coefficient (Wildman–Crippen LogP) is 2.59. The van der Waals surface area contributed by atoms with Gasteiger partial charge in [-0.15, -0.1) is 0 Å². The molecule has 2 nitrogen and oxygen atoms in total. The maximum atomic E-state index is 5.67. The SMILES string of the molecule is COc1cc(C)c(CN)cc1C(C)C. The highest BCUT2D eigenvalue weighted by Gasteiger charge is 2.09. The van der Waals surface area contributed by atoms with Crippen LogP contribution in [0.5, 0.6) is 5.75 Å². The van der Waals surface area contributed by atoms with E-state index in [2.05, 4.69) is 32.9 Å². The molecule has 0 heterocycles. The molecule has 0 spiro atoms. The first kappa shape index (κ1) is 11.1. The summed E-state index contributed by atoms with van der Waals surface area (Å²) in [4.78, 5) is 0. The van der Waals surface area contributed by atoms with Gasteiger partial charge in [0.15, 0.2) is 0 Å². The van der Waals surface area contributed by atoms with Crippen molar-refractivity contribution in [3.63, 3.8) is 0 Å². The third-order valence-corrected chi connectivity index (χ3v) is 2.53. The molecule has 0 unspecified atom stereocenters. The van der Waals surface area contributed by atoms with Gasteiger partial charge in [0.25, 0.3) is 0 Å². The van der Waals surface area contributed by atoms with Gasteiger partial charge >= 0.3 is 0 Å². The molecule has 1 rings (SSSR count). The lowest BCUT2D eigenvalue weighted by Gasteiger charge is -2.15. The molecule has 0 atom stereocenters. The standard InChI is InChI=1S/C12H19NO/c1-8(2)11-6-10(7-13)9(3)5-12(11)14-4/h5-6,8H,7,13H2,1-4H3. The second-order valence-electron chi connectivity index (χ2n) is 3.88. The number of nitrogens with two attached hydrogens (primary N) is 1. The van der Waals surface area contributed by atoms with E-state index in [1.807, 2.05) is 0 Å². The van der Waals surface area contributed by atoms with Crippen LogP contribution in [0.1, 0.15) is 36.5 Å². The Hall–Kier alpha value is -1.02. The fourth-order valence-corrected chi connectivity index (χ4v) is 1.59. The summed E-state index contributed by atoms with van der Waals surface area (Å²) in [5.41, 5.74) is 9.31. The zero-order valence-electron chi connectivity index (χ0n) is 9.42. The third-order valence-electron chi connectivity index (χ3n) is 2.53. The topological polar surface area (TPSA) is 35.2 Å². The van der Waals surface area contributed by atoms with E-state index in [0.717, 1.165) is 5.75 Å². The molecule has 0 saturated heterocycles. The van der Waals surface area contributed by atoms with Crippen LogP contribution in [0.4, 0.5) is 0 Å². The Labute approximate surface area is 86.1 Å². The van der Waals surface area contributed by atoms with Gasteiger partial charge in [0.2, 0.25) is 0 Å². The second kappa shape index (κ2) is 4.47. The minimum absolute atomic E-state index is 0.468. The molecule has 0 fully saturated rings. The number of rotatable bonds is 3. The summed E-state index contributed by atoms with van der Waals surface area (Å²) in [5, 5.41) is 0. The molecule has 0 aliphatic carbocycles. The number of hydrogen-bond acceptors (Lipinski definition) is 2. The van der Waals surface area contributed by atoms with Gasteiger partial charge in [0, 0.05) is 6.54 Å². The Bertz CT molecular complexity index is 318. The summed E-state index contributed by atoms with van der Waals surface area (Å²) in [5.74, 6) is 1.44. The van der Waals surface area contributed by atoms with Crippen molar-refractivity contribution in [2.75, 3.05) is 7.11 Å². The zero-order chi connectivity index (χ0) is 10.7. The molecule has 0 aliphatic rings. The van der Waals surface area contributed by atoms with Crippen LogP contribution >= 0.6 is 0 Å². The molecule has 0 saturated carbocycles. The fraction of sp³-hybridized carbons (Fsp3) is 0.500. The molecule has 78 valence electrons. The summed E-state index contributed by atoms with van der Waals surface area (Å²) in [7, 11) is 1.71. The van der Waals surface area contributed by atoms with Gasteiger partial charge in [0.05, 0.1) is 7.11 Å². The van der Waals surface area contributed by atoms with Gasteiger partial charge < -0.3 is 10.5 Å². The van der Waals surface area contributed by atoms with Crippen LogP contribution in [0.2, 0.25) is 0 Å². The Morgan fingerprint density at radius 2 is 2.00 bits per heavy atom. The van der Waals surface area contributed by atoms with Gasteiger partial charge in [0.1, 0.15) is 5.75 Å². The van der Waals surface area contributed by atoms with Crippen molar-refractivity contribution < 1.29 is 4.74 Å². The lowest BCUT2D eigenvalue weighted by Crippen LogP contribution is -2.03. The van der Waals surface area contributed by atoms with Gasteiger partial charge in [-0.25, -0.2) is 0 Å². The number of hydrogen-bond donors (Lipinski definition) is 1. The highest BCUT2D eigenvalue weighted by Crippen LogP contribution is 2.29. The highest BCUT2D eigenvalue weighted by molar-refractivity contribution is 5.43. The van der Waals surface area contributed by atoms with Crippen LogP contribution in [-0.2, 0) is 6.54 Å². The molecule has 0 amide bonds. The van der Waals surface area contributed by atoms with E-state index in [0.29, 0.717) is 12.5 Å². The maximum Gasteiger partial charge on any atom is 0.122 e. The number of benzene rings is 1. The minimum atomic E-state index is 0.468. The maximum absolute atomic E-state index is 5.67. The molecule has 0 aliphatic heterocycles. The Balaban J connectivity index is 3.25. The Morgan fingerprint density at radius 3 is 2.43 bits per heavy atom. The van der Waals surface area contributed by atoms with Crippen LogP contribution < -0.4 is 10.5 Å². The van der Waals surface area contributed by atoms with Gasteiger partial charge in [-0.05, 0) is 35.6 Å². The van der Waals surface area contributed by atoms with Crippen molar-refractivity contribution >= 4 is 0 Å². The largest absolute Gasteiger partial charge is 0.496 e. The summed E-state index contributed by atoms with van der Waals surface area (Å²) in [6.45, 7) is 6.98. The molecular formula is C12H19NO. The zero-order valence-corrected chi connectivity index (χ0v) is 9.42. The van der Waals surface area contributed by atoms with Crippen LogP contribution in [0.3, 0.4) is 0 Å². The van der Waals surface area contributed by atoms with Gasteiger partial charge in [-0.3, -0.25) is 0 Å². The average Bonchev–Trinajstić information content (AvgIpc) is 2.16. The smallest absolute Gasteiger partial charge is 0.122 e. The monoisotopic (exact) mass is 193 g/mol. The molecular weight excluding hydrogens is 174 g/mol. The number of methoxy groups -OCH3 is 1.